The van der Waals surface area contributed by atoms with E-state index in [1.54, 1.807) is 6.07 Å². The molecule has 2 rings (SSSR count). The highest BCUT2D eigenvalue weighted by Gasteiger charge is 2.21. The summed E-state index contributed by atoms with van der Waals surface area (Å²) in [5.41, 5.74) is 0.0934. The number of rotatable bonds is 3. The number of hydrogen-bond donors (Lipinski definition) is 1. The summed E-state index contributed by atoms with van der Waals surface area (Å²) in [6.07, 6.45) is 5.27. The Labute approximate surface area is 101 Å². The maximum atomic E-state index is 10.9. The van der Waals surface area contributed by atoms with Gasteiger partial charge in [-0.2, -0.15) is 0 Å². The zero-order valence-corrected chi connectivity index (χ0v) is 9.67. The van der Waals surface area contributed by atoms with E-state index in [1.165, 1.54) is 12.5 Å². The molecule has 1 unspecified atom stereocenters. The lowest BCUT2D eigenvalue weighted by Gasteiger charge is -2.34. The lowest BCUT2D eigenvalue weighted by Crippen LogP contribution is -2.38. The predicted molar refractivity (Wildman–Crippen MR) is 66.4 cm³/mol. The molecule has 0 spiro atoms. The second kappa shape index (κ2) is 4.99. The number of anilines is 1. The van der Waals surface area contributed by atoms with Crippen LogP contribution in [0.15, 0.2) is 30.9 Å². The summed E-state index contributed by atoms with van der Waals surface area (Å²) in [4.78, 5) is 17.2. The fourth-order valence-electron chi connectivity index (χ4n) is 2.19. The topological polar surface area (TPSA) is 53.4 Å². The van der Waals surface area contributed by atoms with Gasteiger partial charge in [-0.1, -0.05) is 12.1 Å². The van der Waals surface area contributed by atoms with Crippen LogP contribution >= 0.6 is 0 Å². The minimum Gasteiger partial charge on any atom is -0.477 e. The van der Waals surface area contributed by atoms with Crippen LogP contribution in [0.25, 0.3) is 0 Å². The minimum atomic E-state index is -0.987. The van der Waals surface area contributed by atoms with Crippen LogP contribution in [0.2, 0.25) is 0 Å². The highest BCUT2D eigenvalue weighted by molar-refractivity contribution is 5.85. The number of hydrogen-bond acceptors (Lipinski definition) is 3. The third-order valence-electron chi connectivity index (χ3n) is 3.07. The summed E-state index contributed by atoms with van der Waals surface area (Å²) in [7, 11) is 0. The van der Waals surface area contributed by atoms with Gasteiger partial charge in [0.15, 0.2) is 5.69 Å². The number of carbonyl (C=O) groups is 1. The summed E-state index contributed by atoms with van der Waals surface area (Å²) >= 11 is 0. The van der Waals surface area contributed by atoms with Gasteiger partial charge in [0.2, 0.25) is 0 Å². The minimum absolute atomic E-state index is 0.0934. The monoisotopic (exact) mass is 232 g/mol. The molecule has 90 valence electrons. The fraction of sp³-hybridized carbons (Fsp3) is 0.385. The number of nitrogens with zero attached hydrogens (tertiary/aromatic N) is 2. The number of aromatic nitrogens is 1. The summed E-state index contributed by atoms with van der Waals surface area (Å²) in [6.45, 7) is 4.74. The van der Waals surface area contributed by atoms with Crippen molar-refractivity contribution in [1.29, 1.82) is 0 Å². The van der Waals surface area contributed by atoms with Crippen LogP contribution in [-0.2, 0) is 0 Å². The number of pyridine rings is 1. The highest BCUT2D eigenvalue weighted by atomic mass is 16.4. The van der Waals surface area contributed by atoms with E-state index in [0.29, 0.717) is 0 Å². The Morgan fingerprint density at radius 3 is 3.06 bits per heavy atom. The molecule has 2 heterocycles. The van der Waals surface area contributed by atoms with Gasteiger partial charge in [0, 0.05) is 12.6 Å². The first-order valence-corrected chi connectivity index (χ1v) is 5.82. The largest absolute Gasteiger partial charge is 0.477 e. The van der Waals surface area contributed by atoms with Gasteiger partial charge in [-0.05, 0) is 31.4 Å². The van der Waals surface area contributed by atoms with E-state index in [4.69, 9.17) is 5.11 Å². The molecule has 4 nitrogen and oxygen atoms in total. The first-order valence-electron chi connectivity index (χ1n) is 5.82. The van der Waals surface area contributed by atoms with Gasteiger partial charge in [-0.3, -0.25) is 0 Å². The van der Waals surface area contributed by atoms with Crippen molar-refractivity contribution in [2.24, 2.45) is 0 Å². The summed E-state index contributed by atoms with van der Waals surface area (Å²) in [6, 6.07) is 5.37. The molecular weight excluding hydrogens is 216 g/mol. The third kappa shape index (κ3) is 2.46. The van der Waals surface area contributed by atoms with Crippen LogP contribution < -0.4 is 4.90 Å². The fourth-order valence-corrected chi connectivity index (χ4v) is 2.19. The molecule has 0 aliphatic carbocycles. The van der Waals surface area contributed by atoms with E-state index in [-0.39, 0.29) is 11.7 Å². The van der Waals surface area contributed by atoms with Gasteiger partial charge >= 0.3 is 5.97 Å². The Bertz CT molecular complexity index is 431. The van der Waals surface area contributed by atoms with Crippen molar-refractivity contribution in [1.82, 2.24) is 4.98 Å². The zero-order chi connectivity index (χ0) is 12.3. The molecule has 1 fully saturated rings. The Morgan fingerprint density at radius 1 is 1.53 bits per heavy atom. The summed E-state index contributed by atoms with van der Waals surface area (Å²) in [5.74, 6) is -0.256. The van der Waals surface area contributed by atoms with Crippen molar-refractivity contribution in [2.75, 3.05) is 11.4 Å². The van der Waals surface area contributed by atoms with E-state index in [2.05, 4.69) is 16.5 Å². The highest BCUT2D eigenvalue weighted by Crippen LogP contribution is 2.23. The summed E-state index contributed by atoms with van der Waals surface area (Å²) < 4.78 is 0. The van der Waals surface area contributed by atoms with E-state index in [0.717, 1.165) is 25.2 Å². The second-order valence-corrected chi connectivity index (χ2v) is 4.18. The lowest BCUT2D eigenvalue weighted by molar-refractivity contribution is 0.0690. The molecule has 1 aliphatic rings. The molecule has 0 amide bonds. The standard InChI is InChI=1S/C13H16N2O2/c1-2-10-6-3-4-9-15(10)12-8-5-7-11(14-12)13(16)17/h2,5,7-8,10H,1,3-4,6,9H2,(H,16,17). The van der Waals surface area contributed by atoms with Crippen molar-refractivity contribution in [2.45, 2.75) is 25.3 Å². The number of aromatic carboxylic acids is 1. The smallest absolute Gasteiger partial charge is 0.354 e. The maximum Gasteiger partial charge on any atom is 0.354 e. The van der Waals surface area contributed by atoms with Crippen LogP contribution in [-0.4, -0.2) is 28.6 Å². The van der Waals surface area contributed by atoms with Crippen molar-refractivity contribution < 1.29 is 9.90 Å². The first-order chi connectivity index (χ1) is 8.22. The van der Waals surface area contributed by atoms with Gasteiger partial charge in [0.05, 0.1) is 0 Å². The molecule has 1 saturated heterocycles. The van der Waals surface area contributed by atoms with Gasteiger partial charge in [-0.25, -0.2) is 9.78 Å². The molecule has 0 bridgehead atoms. The van der Waals surface area contributed by atoms with Gasteiger partial charge < -0.3 is 10.0 Å². The molecule has 0 saturated carbocycles. The average molecular weight is 232 g/mol. The molecular formula is C13H16N2O2. The van der Waals surface area contributed by atoms with Crippen LogP contribution in [0.4, 0.5) is 5.82 Å². The van der Waals surface area contributed by atoms with E-state index >= 15 is 0 Å². The zero-order valence-electron chi connectivity index (χ0n) is 9.67. The maximum absolute atomic E-state index is 10.9. The molecule has 0 aromatic carbocycles. The quantitative estimate of drug-likeness (QED) is 0.813. The van der Waals surface area contributed by atoms with Gasteiger partial charge in [0.1, 0.15) is 5.82 Å². The molecule has 1 aromatic rings. The summed E-state index contributed by atoms with van der Waals surface area (Å²) in [5, 5.41) is 8.93. The second-order valence-electron chi connectivity index (χ2n) is 4.18. The van der Waals surface area contributed by atoms with Crippen molar-refractivity contribution in [3.63, 3.8) is 0 Å². The van der Waals surface area contributed by atoms with Crippen LogP contribution in [0.1, 0.15) is 29.8 Å². The van der Waals surface area contributed by atoms with Crippen LogP contribution in [0.3, 0.4) is 0 Å². The van der Waals surface area contributed by atoms with Crippen LogP contribution in [0.5, 0.6) is 0 Å². The molecule has 1 aliphatic heterocycles. The normalized spacial score (nSPS) is 20.0. The number of piperidine rings is 1. The number of carboxylic acids is 1. The Kier molecular flexibility index (Phi) is 3.42. The number of carboxylic acid groups (broad SMARTS) is 1. The molecule has 1 atom stereocenters. The SMILES string of the molecule is C=CC1CCCCN1c1cccc(C(=O)O)n1. The van der Waals surface area contributed by atoms with Crippen molar-refractivity contribution >= 4 is 11.8 Å². The van der Waals surface area contributed by atoms with Crippen molar-refractivity contribution in [3.8, 4) is 0 Å². The molecule has 4 heteroatoms. The van der Waals surface area contributed by atoms with E-state index in [1.807, 2.05) is 12.1 Å². The molecule has 1 N–H and O–H groups in total. The lowest BCUT2D eigenvalue weighted by atomic mass is 10.0. The first kappa shape index (κ1) is 11.6. The average Bonchev–Trinajstić information content (AvgIpc) is 2.39. The molecule has 17 heavy (non-hydrogen) atoms. The Hall–Kier alpha value is -1.84. The molecule has 0 radical (unpaired) electrons. The Balaban J connectivity index is 2.28. The third-order valence-corrected chi connectivity index (χ3v) is 3.07. The van der Waals surface area contributed by atoms with Gasteiger partial charge in [0.25, 0.3) is 0 Å². The van der Waals surface area contributed by atoms with Crippen molar-refractivity contribution in [3.05, 3.63) is 36.5 Å². The van der Waals surface area contributed by atoms with E-state index in [9.17, 15) is 4.79 Å². The van der Waals surface area contributed by atoms with Crippen LogP contribution in [0, 0.1) is 0 Å². The van der Waals surface area contributed by atoms with E-state index < -0.39 is 5.97 Å². The van der Waals surface area contributed by atoms with Gasteiger partial charge in [-0.15, -0.1) is 6.58 Å². The molecule has 1 aromatic heterocycles. The predicted octanol–water partition coefficient (Wildman–Crippen LogP) is 2.32. The Morgan fingerprint density at radius 2 is 2.35 bits per heavy atom.